The third-order valence-electron chi connectivity index (χ3n) is 5.47. The van der Waals surface area contributed by atoms with Gasteiger partial charge in [-0.3, -0.25) is 4.90 Å². The SMILES string of the molecule is CC(C)[Si](O[C@@H]1CCCN2CC=C[C@@H]12)(C(C)C)C(C)C. The van der Waals surface area contributed by atoms with Crippen molar-refractivity contribution in [2.45, 2.75) is 83.2 Å². The number of nitrogens with zero attached hydrogens (tertiary/aromatic N) is 1. The van der Waals surface area contributed by atoms with Gasteiger partial charge in [0.05, 0.1) is 12.1 Å². The molecule has 0 amide bonds. The summed E-state index contributed by atoms with van der Waals surface area (Å²) >= 11 is 0. The summed E-state index contributed by atoms with van der Waals surface area (Å²) in [5, 5.41) is 0. The van der Waals surface area contributed by atoms with Crippen LogP contribution < -0.4 is 0 Å². The molecule has 0 aromatic heterocycles. The maximum absolute atomic E-state index is 7.02. The Bertz CT molecular complexity index is 329. The standard InChI is InChI=1S/C17H33NOSi/c1-13(2)20(14(3)4,15(5)6)19-17-10-8-12-18-11-7-9-16(17)18/h7,9,13-17H,8,10-12H2,1-6H3/t16-,17+/m0/s1. The van der Waals surface area contributed by atoms with Gasteiger partial charge in [-0.25, -0.2) is 0 Å². The third kappa shape index (κ3) is 2.77. The van der Waals surface area contributed by atoms with Crippen molar-refractivity contribution in [3.05, 3.63) is 12.2 Å². The molecular weight excluding hydrogens is 262 g/mol. The van der Waals surface area contributed by atoms with Gasteiger partial charge in [-0.05, 0) is 36.0 Å². The van der Waals surface area contributed by atoms with Crippen LogP contribution in [0.2, 0.25) is 16.6 Å². The first-order chi connectivity index (χ1) is 9.39. The summed E-state index contributed by atoms with van der Waals surface area (Å²) in [4.78, 5) is 2.59. The molecule has 0 spiro atoms. The van der Waals surface area contributed by atoms with E-state index in [9.17, 15) is 0 Å². The molecule has 0 aromatic rings. The molecule has 0 aliphatic carbocycles. The molecule has 0 unspecified atom stereocenters. The first-order valence-corrected chi connectivity index (χ1v) is 10.6. The van der Waals surface area contributed by atoms with Crippen molar-refractivity contribution >= 4 is 8.32 Å². The van der Waals surface area contributed by atoms with Crippen LogP contribution in [0.25, 0.3) is 0 Å². The van der Waals surface area contributed by atoms with Crippen LogP contribution in [0.5, 0.6) is 0 Å². The molecule has 20 heavy (non-hydrogen) atoms. The Balaban J connectivity index is 2.20. The molecule has 2 heterocycles. The fraction of sp³-hybridized carbons (Fsp3) is 0.882. The predicted octanol–water partition coefficient (Wildman–Crippen LogP) is 4.58. The number of hydrogen-bond donors (Lipinski definition) is 0. The summed E-state index contributed by atoms with van der Waals surface area (Å²) in [6.07, 6.45) is 7.69. The normalized spacial score (nSPS) is 27.9. The molecule has 0 radical (unpaired) electrons. The second-order valence-corrected chi connectivity index (χ2v) is 12.9. The van der Waals surface area contributed by atoms with Crippen molar-refractivity contribution in [1.29, 1.82) is 0 Å². The van der Waals surface area contributed by atoms with Gasteiger partial charge in [0.2, 0.25) is 8.32 Å². The van der Waals surface area contributed by atoms with Crippen LogP contribution in [0.15, 0.2) is 12.2 Å². The highest BCUT2D eigenvalue weighted by molar-refractivity contribution is 6.77. The van der Waals surface area contributed by atoms with Crippen LogP contribution in [0.1, 0.15) is 54.4 Å². The lowest BCUT2D eigenvalue weighted by atomic mass is 10.0. The smallest absolute Gasteiger partial charge is 0.200 e. The van der Waals surface area contributed by atoms with Crippen LogP contribution in [0.3, 0.4) is 0 Å². The fourth-order valence-electron chi connectivity index (χ4n) is 4.64. The van der Waals surface area contributed by atoms with Crippen molar-refractivity contribution in [2.75, 3.05) is 13.1 Å². The molecule has 2 nitrogen and oxygen atoms in total. The van der Waals surface area contributed by atoms with Gasteiger partial charge in [0.25, 0.3) is 0 Å². The zero-order valence-electron chi connectivity index (χ0n) is 14.2. The van der Waals surface area contributed by atoms with Gasteiger partial charge in [0.1, 0.15) is 0 Å². The first-order valence-electron chi connectivity index (χ1n) is 8.48. The second-order valence-electron chi connectivity index (χ2n) is 7.53. The highest BCUT2D eigenvalue weighted by atomic mass is 28.4. The molecule has 3 heteroatoms. The minimum atomic E-state index is -1.74. The average Bonchev–Trinajstić information content (AvgIpc) is 2.83. The predicted molar refractivity (Wildman–Crippen MR) is 89.7 cm³/mol. The average molecular weight is 296 g/mol. The number of fused-ring (bicyclic) bond motifs is 1. The van der Waals surface area contributed by atoms with E-state index in [1.54, 1.807) is 0 Å². The monoisotopic (exact) mass is 295 g/mol. The van der Waals surface area contributed by atoms with Crippen molar-refractivity contribution in [1.82, 2.24) is 4.90 Å². The fourth-order valence-corrected chi connectivity index (χ4v) is 10.2. The lowest BCUT2D eigenvalue weighted by Crippen LogP contribution is -2.55. The maximum atomic E-state index is 7.02. The van der Waals surface area contributed by atoms with Gasteiger partial charge in [-0.15, -0.1) is 0 Å². The van der Waals surface area contributed by atoms with E-state index in [4.69, 9.17) is 4.43 Å². The van der Waals surface area contributed by atoms with E-state index in [1.807, 2.05) is 0 Å². The largest absolute Gasteiger partial charge is 0.411 e. The Labute approximate surface area is 126 Å². The summed E-state index contributed by atoms with van der Waals surface area (Å²) in [7, 11) is -1.74. The molecule has 2 aliphatic heterocycles. The third-order valence-corrected chi connectivity index (χ3v) is 11.6. The zero-order valence-corrected chi connectivity index (χ0v) is 15.2. The number of hydrogen-bond acceptors (Lipinski definition) is 2. The molecule has 2 rings (SSSR count). The van der Waals surface area contributed by atoms with Crippen LogP contribution in [0, 0.1) is 0 Å². The highest BCUT2D eigenvalue weighted by Crippen LogP contribution is 2.44. The molecule has 1 saturated heterocycles. The van der Waals surface area contributed by atoms with Crippen molar-refractivity contribution in [3.63, 3.8) is 0 Å². The van der Waals surface area contributed by atoms with E-state index in [-0.39, 0.29) is 0 Å². The van der Waals surface area contributed by atoms with E-state index >= 15 is 0 Å². The van der Waals surface area contributed by atoms with E-state index in [2.05, 4.69) is 58.6 Å². The van der Waals surface area contributed by atoms with Gasteiger partial charge in [-0.2, -0.15) is 0 Å². The molecule has 2 aliphatic rings. The summed E-state index contributed by atoms with van der Waals surface area (Å²) in [5.74, 6) is 0. The van der Waals surface area contributed by atoms with Gasteiger partial charge >= 0.3 is 0 Å². The highest BCUT2D eigenvalue weighted by Gasteiger charge is 2.48. The summed E-state index contributed by atoms with van der Waals surface area (Å²) in [5.41, 5.74) is 2.05. The van der Waals surface area contributed by atoms with Gasteiger partial charge in [0.15, 0.2) is 0 Å². The Kier molecular flexibility index (Phi) is 5.14. The lowest BCUT2D eigenvalue weighted by Gasteiger charge is -2.48. The van der Waals surface area contributed by atoms with Gasteiger partial charge < -0.3 is 4.43 Å². The van der Waals surface area contributed by atoms with Crippen molar-refractivity contribution < 1.29 is 4.43 Å². The van der Waals surface area contributed by atoms with E-state index in [1.165, 1.54) is 19.4 Å². The summed E-state index contributed by atoms with van der Waals surface area (Å²) in [6, 6.07) is 0.548. The number of rotatable bonds is 5. The van der Waals surface area contributed by atoms with Crippen molar-refractivity contribution in [2.24, 2.45) is 0 Å². The van der Waals surface area contributed by atoms with E-state index in [0.29, 0.717) is 28.8 Å². The minimum absolute atomic E-state index is 0.432. The molecule has 2 atom stereocenters. The molecule has 0 aromatic carbocycles. The second kappa shape index (κ2) is 6.33. The first kappa shape index (κ1) is 16.3. The van der Waals surface area contributed by atoms with Gasteiger partial charge in [-0.1, -0.05) is 53.7 Å². The van der Waals surface area contributed by atoms with Crippen LogP contribution >= 0.6 is 0 Å². The molecule has 0 N–H and O–H groups in total. The van der Waals surface area contributed by atoms with E-state index < -0.39 is 8.32 Å². The zero-order chi connectivity index (χ0) is 14.9. The topological polar surface area (TPSA) is 12.5 Å². The molecule has 0 bridgehead atoms. The van der Waals surface area contributed by atoms with Crippen molar-refractivity contribution in [3.8, 4) is 0 Å². The maximum Gasteiger partial charge on any atom is 0.200 e. The van der Waals surface area contributed by atoms with Crippen LogP contribution in [-0.2, 0) is 4.43 Å². The molecular formula is C17H33NOSi. The number of piperidine rings is 1. The van der Waals surface area contributed by atoms with Crippen LogP contribution in [0.4, 0.5) is 0 Å². The quantitative estimate of drug-likeness (QED) is 0.544. The Morgan fingerprint density at radius 3 is 2.20 bits per heavy atom. The lowest BCUT2D eigenvalue weighted by molar-refractivity contribution is 0.0525. The Hall–Kier alpha value is -0.123. The summed E-state index contributed by atoms with van der Waals surface area (Å²) in [6.45, 7) is 16.7. The minimum Gasteiger partial charge on any atom is -0.411 e. The Morgan fingerprint density at radius 1 is 1.05 bits per heavy atom. The van der Waals surface area contributed by atoms with Gasteiger partial charge in [0, 0.05) is 6.54 Å². The van der Waals surface area contributed by atoms with Crippen LogP contribution in [-0.4, -0.2) is 38.5 Å². The molecule has 0 saturated carbocycles. The van der Waals surface area contributed by atoms with E-state index in [0.717, 1.165) is 6.54 Å². The molecule has 1 fully saturated rings. The Morgan fingerprint density at radius 2 is 1.65 bits per heavy atom. The summed E-state index contributed by atoms with van der Waals surface area (Å²) < 4.78 is 7.02. The molecule has 116 valence electrons.